The fourth-order valence-electron chi connectivity index (χ4n) is 3.66. The monoisotopic (exact) mass is 403 g/mol. The molecule has 0 radical (unpaired) electrons. The van der Waals surface area contributed by atoms with E-state index in [4.69, 9.17) is 25.8 Å². The number of carbonyl (C=O) groups is 1. The van der Waals surface area contributed by atoms with Gasteiger partial charge in [0.25, 0.3) is 5.91 Å². The maximum absolute atomic E-state index is 12.9. The summed E-state index contributed by atoms with van der Waals surface area (Å²) in [6.45, 7) is 1.48. The standard InChI is InChI=1S/C22H26ClNO4/c1-26-18-6-4-15(5-7-18)12-16-8-10-24(11-9-16)22(25)17-13-19(23)21(28-3)20(14-17)27-2/h4-7,13-14,16H,8-12H2,1-3H3. The molecule has 2 aromatic rings. The van der Waals surface area contributed by atoms with Gasteiger partial charge in [-0.1, -0.05) is 23.7 Å². The first-order chi connectivity index (χ1) is 13.5. The zero-order valence-corrected chi connectivity index (χ0v) is 17.3. The number of piperidine rings is 1. The second-order valence-corrected chi connectivity index (χ2v) is 7.39. The fraction of sp³-hybridized carbons (Fsp3) is 0.409. The Bertz CT molecular complexity index is 814. The molecule has 1 heterocycles. The third-order valence-electron chi connectivity index (χ3n) is 5.27. The summed E-state index contributed by atoms with van der Waals surface area (Å²) in [5, 5.41) is 0.375. The highest BCUT2D eigenvalue weighted by atomic mass is 35.5. The van der Waals surface area contributed by atoms with Gasteiger partial charge in [-0.25, -0.2) is 0 Å². The van der Waals surface area contributed by atoms with Crippen LogP contribution in [0.3, 0.4) is 0 Å². The molecule has 1 aliphatic heterocycles. The van der Waals surface area contributed by atoms with Crippen molar-refractivity contribution in [1.29, 1.82) is 0 Å². The summed E-state index contributed by atoms with van der Waals surface area (Å²) in [5.74, 6) is 2.33. The Balaban J connectivity index is 1.61. The minimum absolute atomic E-state index is 0.0225. The van der Waals surface area contributed by atoms with E-state index in [1.807, 2.05) is 17.0 Å². The van der Waals surface area contributed by atoms with Crippen molar-refractivity contribution in [3.05, 3.63) is 52.5 Å². The van der Waals surface area contributed by atoms with E-state index in [1.54, 1.807) is 19.2 Å². The number of halogens is 1. The van der Waals surface area contributed by atoms with Gasteiger partial charge in [-0.15, -0.1) is 0 Å². The normalized spacial score (nSPS) is 14.6. The van der Waals surface area contributed by atoms with Crippen molar-refractivity contribution in [2.24, 2.45) is 5.92 Å². The third-order valence-corrected chi connectivity index (χ3v) is 5.55. The zero-order chi connectivity index (χ0) is 20.1. The average Bonchev–Trinajstić information content (AvgIpc) is 2.73. The van der Waals surface area contributed by atoms with Gasteiger partial charge in [0.15, 0.2) is 11.5 Å². The molecule has 0 saturated carbocycles. The van der Waals surface area contributed by atoms with Crippen LogP contribution in [0.4, 0.5) is 0 Å². The van der Waals surface area contributed by atoms with Crippen LogP contribution < -0.4 is 14.2 Å². The van der Waals surface area contributed by atoms with Gasteiger partial charge in [0.05, 0.1) is 26.4 Å². The second-order valence-electron chi connectivity index (χ2n) is 6.98. The first-order valence-electron chi connectivity index (χ1n) is 9.39. The van der Waals surface area contributed by atoms with E-state index in [0.29, 0.717) is 28.0 Å². The van der Waals surface area contributed by atoms with Gasteiger partial charge in [0.2, 0.25) is 0 Å². The van der Waals surface area contributed by atoms with E-state index in [0.717, 1.165) is 38.1 Å². The maximum Gasteiger partial charge on any atom is 0.254 e. The van der Waals surface area contributed by atoms with Crippen molar-refractivity contribution >= 4 is 17.5 Å². The van der Waals surface area contributed by atoms with Crippen LogP contribution in [0.5, 0.6) is 17.2 Å². The molecule has 0 aromatic heterocycles. The lowest BCUT2D eigenvalue weighted by molar-refractivity contribution is 0.0690. The summed E-state index contributed by atoms with van der Waals surface area (Å²) >= 11 is 6.25. The van der Waals surface area contributed by atoms with Gasteiger partial charge in [-0.2, -0.15) is 0 Å². The summed E-state index contributed by atoms with van der Waals surface area (Å²) in [7, 11) is 4.74. The Labute approximate surface area is 171 Å². The van der Waals surface area contributed by atoms with Crippen LogP contribution in [0, 0.1) is 5.92 Å². The minimum atomic E-state index is -0.0225. The number of hydrogen-bond acceptors (Lipinski definition) is 4. The molecular formula is C22H26ClNO4. The molecule has 1 aliphatic rings. The number of methoxy groups -OCH3 is 3. The van der Waals surface area contributed by atoms with Crippen molar-refractivity contribution in [1.82, 2.24) is 4.90 Å². The fourth-order valence-corrected chi connectivity index (χ4v) is 3.95. The van der Waals surface area contributed by atoms with Crippen LogP contribution in [0.15, 0.2) is 36.4 Å². The van der Waals surface area contributed by atoms with Gasteiger partial charge in [-0.05, 0) is 55.0 Å². The Morgan fingerprint density at radius 1 is 1.04 bits per heavy atom. The molecule has 3 rings (SSSR count). The molecule has 1 fully saturated rings. The molecule has 0 bridgehead atoms. The molecular weight excluding hydrogens is 378 g/mol. The summed E-state index contributed by atoms with van der Waals surface area (Å²) in [4.78, 5) is 14.8. The predicted molar refractivity (Wildman–Crippen MR) is 110 cm³/mol. The minimum Gasteiger partial charge on any atom is -0.497 e. The molecule has 1 saturated heterocycles. The number of rotatable bonds is 6. The lowest BCUT2D eigenvalue weighted by atomic mass is 9.90. The Kier molecular flexibility index (Phi) is 6.68. The average molecular weight is 404 g/mol. The van der Waals surface area contributed by atoms with Gasteiger partial charge < -0.3 is 19.1 Å². The molecule has 0 N–H and O–H groups in total. The highest BCUT2D eigenvalue weighted by molar-refractivity contribution is 6.32. The van der Waals surface area contributed by atoms with E-state index in [9.17, 15) is 4.79 Å². The Morgan fingerprint density at radius 3 is 2.29 bits per heavy atom. The van der Waals surface area contributed by atoms with Crippen molar-refractivity contribution in [2.75, 3.05) is 34.4 Å². The predicted octanol–water partition coefficient (Wildman–Crippen LogP) is 4.46. The van der Waals surface area contributed by atoms with Crippen molar-refractivity contribution in [2.45, 2.75) is 19.3 Å². The number of carbonyl (C=O) groups excluding carboxylic acids is 1. The van der Waals surface area contributed by atoms with Crippen LogP contribution in [0.2, 0.25) is 5.02 Å². The van der Waals surface area contributed by atoms with E-state index in [2.05, 4.69) is 12.1 Å². The Hall–Kier alpha value is -2.40. The number of likely N-dealkylation sites (tertiary alicyclic amines) is 1. The molecule has 5 nitrogen and oxygen atoms in total. The third kappa shape index (κ3) is 4.53. The van der Waals surface area contributed by atoms with E-state index in [1.165, 1.54) is 19.8 Å². The number of nitrogens with zero attached hydrogens (tertiary/aromatic N) is 1. The molecule has 150 valence electrons. The van der Waals surface area contributed by atoms with Crippen molar-refractivity contribution < 1.29 is 19.0 Å². The molecule has 0 aliphatic carbocycles. The summed E-state index contributed by atoms with van der Waals surface area (Å²) in [6.07, 6.45) is 2.99. The summed E-state index contributed by atoms with van der Waals surface area (Å²) in [6, 6.07) is 11.6. The number of hydrogen-bond donors (Lipinski definition) is 0. The van der Waals surface area contributed by atoms with E-state index in [-0.39, 0.29) is 5.91 Å². The van der Waals surface area contributed by atoms with Gasteiger partial charge in [0.1, 0.15) is 5.75 Å². The number of benzene rings is 2. The quantitative estimate of drug-likeness (QED) is 0.714. The largest absolute Gasteiger partial charge is 0.497 e. The molecule has 2 aromatic carbocycles. The van der Waals surface area contributed by atoms with Crippen molar-refractivity contribution in [3.63, 3.8) is 0 Å². The zero-order valence-electron chi connectivity index (χ0n) is 16.5. The van der Waals surface area contributed by atoms with Crippen LogP contribution in [-0.4, -0.2) is 45.2 Å². The summed E-state index contributed by atoms with van der Waals surface area (Å²) in [5.41, 5.74) is 1.83. The van der Waals surface area contributed by atoms with Crippen LogP contribution in [-0.2, 0) is 6.42 Å². The number of ether oxygens (including phenoxy) is 3. The summed E-state index contributed by atoms with van der Waals surface area (Å²) < 4.78 is 15.8. The lowest BCUT2D eigenvalue weighted by Gasteiger charge is -2.32. The van der Waals surface area contributed by atoms with Gasteiger partial charge in [0, 0.05) is 18.7 Å². The van der Waals surface area contributed by atoms with E-state index >= 15 is 0 Å². The molecule has 6 heteroatoms. The van der Waals surface area contributed by atoms with Crippen LogP contribution in [0.25, 0.3) is 0 Å². The van der Waals surface area contributed by atoms with Gasteiger partial charge in [-0.3, -0.25) is 4.79 Å². The smallest absolute Gasteiger partial charge is 0.254 e. The van der Waals surface area contributed by atoms with Crippen molar-refractivity contribution in [3.8, 4) is 17.2 Å². The SMILES string of the molecule is COc1ccc(CC2CCN(C(=O)c3cc(Cl)c(OC)c(OC)c3)CC2)cc1. The molecule has 0 spiro atoms. The number of amides is 1. The van der Waals surface area contributed by atoms with Crippen LogP contribution in [0.1, 0.15) is 28.8 Å². The molecule has 1 amide bonds. The first-order valence-corrected chi connectivity index (χ1v) is 9.77. The highest BCUT2D eigenvalue weighted by Crippen LogP contribution is 2.36. The topological polar surface area (TPSA) is 48.0 Å². The molecule has 0 atom stereocenters. The highest BCUT2D eigenvalue weighted by Gasteiger charge is 2.25. The molecule has 28 heavy (non-hydrogen) atoms. The molecule has 0 unspecified atom stereocenters. The van der Waals surface area contributed by atoms with Gasteiger partial charge >= 0.3 is 0 Å². The Morgan fingerprint density at radius 2 is 1.71 bits per heavy atom. The van der Waals surface area contributed by atoms with E-state index < -0.39 is 0 Å². The van der Waals surface area contributed by atoms with Crippen LogP contribution >= 0.6 is 11.6 Å². The lowest BCUT2D eigenvalue weighted by Crippen LogP contribution is -2.38. The second kappa shape index (κ2) is 9.20. The first kappa shape index (κ1) is 20.3. The maximum atomic E-state index is 12.9.